The highest BCUT2D eigenvalue weighted by molar-refractivity contribution is 7.89. The van der Waals surface area contributed by atoms with Crippen molar-refractivity contribution < 1.29 is 23.1 Å². The van der Waals surface area contributed by atoms with Gasteiger partial charge < -0.3 is 15.7 Å². The minimum Gasteiger partial charge on any atom is -0.480 e. The zero-order valence-corrected chi connectivity index (χ0v) is 9.80. The minimum absolute atomic E-state index is 0.0959. The summed E-state index contributed by atoms with van der Waals surface area (Å²) in [6, 6.07) is -1.75. The van der Waals surface area contributed by atoms with E-state index in [1.807, 2.05) is 0 Å². The van der Waals surface area contributed by atoms with Gasteiger partial charge in [-0.15, -0.1) is 0 Å². The van der Waals surface area contributed by atoms with Crippen molar-refractivity contribution in [2.24, 2.45) is 0 Å². The van der Waals surface area contributed by atoms with E-state index in [2.05, 4.69) is 15.4 Å². The molecule has 0 aromatic rings. The molecule has 4 N–H and O–H groups in total. The molecule has 0 aromatic carbocycles. The molecule has 0 fully saturated rings. The third-order valence-corrected chi connectivity index (χ3v) is 3.05. The molecule has 94 valence electrons. The predicted octanol–water partition coefficient (Wildman–Crippen LogP) is -1.69. The predicted molar refractivity (Wildman–Crippen MR) is 56.5 cm³/mol. The highest BCUT2D eigenvalue weighted by Crippen LogP contribution is 1.82. The maximum absolute atomic E-state index is 11.0. The minimum atomic E-state index is -3.37. The Hall–Kier alpha value is -1.35. The first kappa shape index (κ1) is 14.6. The zero-order chi connectivity index (χ0) is 12.8. The fourth-order valence-corrected chi connectivity index (χ4v) is 1.29. The molecule has 0 bridgehead atoms. The third kappa shape index (κ3) is 6.19. The molecule has 0 saturated carbocycles. The highest BCUT2D eigenvalue weighted by atomic mass is 32.2. The van der Waals surface area contributed by atoms with Gasteiger partial charge in [0.2, 0.25) is 10.0 Å². The SMILES string of the molecule is CNS(=O)(=O)CCNC(=O)N[C@H](C)C(=O)O. The Morgan fingerprint density at radius 3 is 2.38 bits per heavy atom. The summed E-state index contributed by atoms with van der Waals surface area (Å²) in [6.07, 6.45) is 0. The normalized spacial score (nSPS) is 12.9. The number of amides is 2. The lowest BCUT2D eigenvalue weighted by Crippen LogP contribution is -2.45. The van der Waals surface area contributed by atoms with Crippen molar-refractivity contribution in [2.75, 3.05) is 19.3 Å². The lowest BCUT2D eigenvalue weighted by atomic mass is 10.3. The molecule has 2 amide bonds. The van der Waals surface area contributed by atoms with E-state index in [9.17, 15) is 18.0 Å². The van der Waals surface area contributed by atoms with E-state index in [4.69, 9.17) is 5.11 Å². The van der Waals surface area contributed by atoms with Crippen LogP contribution >= 0.6 is 0 Å². The van der Waals surface area contributed by atoms with Crippen LogP contribution < -0.4 is 15.4 Å². The molecular weight excluding hydrogens is 238 g/mol. The number of carbonyl (C=O) groups excluding carboxylic acids is 1. The number of hydrogen-bond acceptors (Lipinski definition) is 4. The van der Waals surface area contributed by atoms with Gasteiger partial charge >= 0.3 is 12.0 Å². The van der Waals surface area contributed by atoms with Crippen LogP contribution in [0.3, 0.4) is 0 Å². The van der Waals surface area contributed by atoms with Crippen molar-refractivity contribution in [3.8, 4) is 0 Å². The fourth-order valence-electron chi connectivity index (χ4n) is 0.710. The molecule has 0 radical (unpaired) electrons. The van der Waals surface area contributed by atoms with E-state index in [1.165, 1.54) is 14.0 Å². The zero-order valence-electron chi connectivity index (χ0n) is 8.98. The van der Waals surface area contributed by atoms with E-state index >= 15 is 0 Å². The number of hydrogen-bond donors (Lipinski definition) is 4. The van der Waals surface area contributed by atoms with Gasteiger partial charge in [0.1, 0.15) is 6.04 Å². The summed E-state index contributed by atoms with van der Waals surface area (Å²) in [7, 11) is -2.10. The van der Waals surface area contributed by atoms with Crippen LogP contribution in [-0.4, -0.2) is 50.9 Å². The first-order valence-electron chi connectivity index (χ1n) is 4.47. The van der Waals surface area contributed by atoms with Crippen LogP contribution in [-0.2, 0) is 14.8 Å². The first-order chi connectivity index (χ1) is 7.28. The van der Waals surface area contributed by atoms with Gasteiger partial charge in [-0.05, 0) is 14.0 Å². The largest absolute Gasteiger partial charge is 0.480 e. The van der Waals surface area contributed by atoms with E-state index in [-0.39, 0.29) is 12.3 Å². The summed E-state index contributed by atoms with van der Waals surface area (Å²) in [6.45, 7) is 1.20. The van der Waals surface area contributed by atoms with Crippen LogP contribution in [0.1, 0.15) is 6.92 Å². The summed E-state index contributed by atoms with van der Waals surface area (Å²) < 4.78 is 23.9. The van der Waals surface area contributed by atoms with Crippen molar-refractivity contribution in [1.82, 2.24) is 15.4 Å². The van der Waals surface area contributed by atoms with Crippen LogP contribution in [0.25, 0.3) is 0 Å². The number of sulfonamides is 1. The van der Waals surface area contributed by atoms with Crippen LogP contribution in [0.5, 0.6) is 0 Å². The summed E-state index contributed by atoms with van der Waals surface area (Å²) in [5.41, 5.74) is 0. The van der Waals surface area contributed by atoms with Gasteiger partial charge in [0.25, 0.3) is 0 Å². The molecule has 0 unspecified atom stereocenters. The van der Waals surface area contributed by atoms with Gasteiger partial charge in [-0.1, -0.05) is 0 Å². The second kappa shape index (κ2) is 6.28. The Kier molecular flexibility index (Phi) is 5.75. The van der Waals surface area contributed by atoms with Crippen LogP contribution in [0.15, 0.2) is 0 Å². The number of rotatable bonds is 6. The van der Waals surface area contributed by atoms with Crippen LogP contribution in [0, 0.1) is 0 Å². The van der Waals surface area contributed by atoms with Gasteiger partial charge in [0, 0.05) is 6.54 Å². The second-order valence-electron chi connectivity index (χ2n) is 2.98. The van der Waals surface area contributed by atoms with Gasteiger partial charge in [0.05, 0.1) is 5.75 Å². The Balaban J connectivity index is 3.88. The van der Waals surface area contributed by atoms with Crippen molar-refractivity contribution in [1.29, 1.82) is 0 Å². The van der Waals surface area contributed by atoms with Gasteiger partial charge in [-0.3, -0.25) is 4.79 Å². The molecule has 8 nitrogen and oxygen atoms in total. The molecule has 1 atom stereocenters. The molecule has 9 heteroatoms. The smallest absolute Gasteiger partial charge is 0.325 e. The molecular formula is C7H15N3O5S. The maximum atomic E-state index is 11.0. The lowest BCUT2D eigenvalue weighted by Gasteiger charge is -2.10. The average molecular weight is 253 g/mol. The number of aliphatic carboxylic acids is 1. The maximum Gasteiger partial charge on any atom is 0.325 e. The molecule has 0 aliphatic carbocycles. The molecule has 0 aliphatic rings. The number of carbonyl (C=O) groups is 2. The van der Waals surface area contributed by atoms with E-state index < -0.39 is 28.1 Å². The Bertz CT molecular complexity index is 353. The van der Waals surface area contributed by atoms with Crippen molar-refractivity contribution >= 4 is 22.0 Å². The van der Waals surface area contributed by atoms with Crippen LogP contribution in [0.2, 0.25) is 0 Å². The van der Waals surface area contributed by atoms with Gasteiger partial charge in [0.15, 0.2) is 0 Å². The second-order valence-corrected chi connectivity index (χ2v) is 5.03. The number of carboxylic acids is 1. The van der Waals surface area contributed by atoms with Crippen molar-refractivity contribution in [3.63, 3.8) is 0 Å². The molecule has 0 rings (SSSR count). The van der Waals surface area contributed by atoms with Crippen LogP contribution in [0.4, 0.5) is 4.79 Å². The van der Waals surface area contributed by atoms with Gasteiger partial charge in [-0.2, -0.15) is 0 Å². The number of urea groups is 1. The van der Waals surface area contributed by atoms with Crippen molar-refractivity contribution in [2.45, 2.75) is 13.0 Å². The summed E-state index contributed by atoms with van der Waals surface area (Å²) in [5, 5.41) is 12.8. The summed E-state index contributed by atoms with van der Waals surface area (Å²) >= 11 is 0. The van der Waals surface area contributed by atoms with Gasteiger partial charge in [-0.25, -0.2) is 17.9 Å². The standard InChI is InChI=1S/C7H15N3O5S/c1-5(6(11)12)10-7(13)9-3-4-16(14,15)8-2/h5,8H,3-4H2,1-2H3,(H,11,12)(H2,9,10,13)/t5-/m1/s1. The molecule has 0 aliphatic heterocycles. The average Bonchev–Trinajstić information content (AvgIpc) is 2.17. The molecule has 16 heavy (non-hydrogen) atoms. The van der Waals surface area contributed by atoms with E-state index in [0.717, 1.165) is 0 Å². The fraction of sp³-hybridized carbons (Fsp3) is 0.714. The Labute approximate surface area is 93.5 Å². The van der Waals surface area contributed by atoms with E-state index in [1.54, 1.807) is 0 Å². The highest BCUT2D eigenvalue weighted by Gasteiger charge is 2.14. The lowest BCUT2D eigenvalue weighted by molar-refractivity contribution is -0.138. The number of nitrogens with one attached hydrogen (secondary N) is 3. The summed E-state index contributed by atoms with van der Waals surface area (Å²) in [4.78, 5) is 21.4. The Morgan fingerprint density at radius 2 is 1.94 bits per heavy atom. The summed E-state index contributed by atoms with van der Waals surface area (Å²) in [5.74, 6) is -1.43. The molecule has 0 aromatic heterocycles. The number of carboxylic acid groups (broad SMARTS) is 1. The molecule has 0 saturated heterocycles. The quantitative estimate of drug-likeness (QED) is 0.449. The molecule has 0 heterocycles. The van der Waals surface area contributed by atoms with E-state index in [0.29, 0.717) is 0 Å². The topological polar surface area (TPSA) is 125 Å². The third-order valence-electron chi connectivity index (χ3n) is 1.69. The Morgan fingerprint density at radius 1 is 1.38 bits per heavy atom. The molecule has 0 spiro atoms. The monoisotopic (exact) mass is 253 g/mol. The first-order valence-corrected chi connectivity index (χ1v) is 6.12. The van der Waals surface area contributed by atoms with Crippen molar-refractivity contribution in [3.05, 3.63) is 0 Å².